The van der Waals surface area contributed by atoms with Crippen molar-refractivity contribution >= 4 is 5.97 Å². The highest BCUT2D eigenvalue weighted by Gasteiger charge is 2.48. The minimum atomic E-state index is -0.414. The fourth-order valence-corrected chi connectivity index (χ4v) is 2.22. The lowest BCUT2D eigenvalue weighted by Gasteiger charge is -2.26. The summed E-state index contributed by atoms with van der Waals surface area (Å²) < 4.78 is 11.0. The maximum absolute atomic E-state index is 11.9. The lowest BCUT2D eigenvalue weighted by Crippen LogP contribution is -2.35. The highest BCUT2D eigenvalue weighted by atomic mass is 16.6. The van der Waals surface area contributed by atoms with Gasteiger partial charge in [-0.2, -0.15) is 0 Å². The van der Waals surface area contributed by atoms with E-state index in [4.69, 9.17) is 9.47 Å². The number of carbonyl (C=O) groups excluding carboxylic acids is 1. The first-order valence-corrected chi connectivity index (χ1v) is 5.45. The molecule has 0 aliphatic carbocycles. The Labute approximate surface area is 90.4 Å². The van der Waals surface area contributed by atoms with Gasteiger partial charge in [-0.1, -0.05) is 19.1 Å². The smallest absolute Gasteiger partial charge is 0.312 e. The largest absolute Gasteiger partial charge is 0.460 e. The highest BCUT2D eigenvalue weighted by molar-refractivity contribution is 5.75. The molecule has 2 heterocycles. The zero-order valence-electron chi connectivity index (χ0n) is 9.69. The molecule has 0 amide bonds. The minimum Gasteiger partial charge on any atom is -0.460 e. The van der Waals surface area contributed by atoms with Crippen LogP contribution in [0.3, 0.4) is 0 Å². The summed E-state index contributed by atoms with van der Waals surface area (Å²) in [6, 6.07) is 0. The summed E-state index contributed by atoms with van der Waals surface area (Å²) in [4.78, 5) is 11.9. The third-order valence-corrected chi connectivity index (χ3v) is 2.92. The van der Waals surface area contributed by atoms with Crippen LogP contribution in [0.5, 0.6) is 0 Å². The summed E-state index contributed by atoms with van der Waals surface area (Å²) in [7, 11) is 0. The molecule has 3 nitrogen and oxygen atoms in total. The summed E-state index contributed by atoms with van der Waals surface area (Å²) in [6.07, 6.45) is 4.04. The summed E-state index contributed by atoms with van der Waals surface area (Å²) in [6.45, 7) is 7.71. The average molecular weight is 210 g/mol. The summed E-state index contributed by atoms with van der Waals surface area (Å²) >= 11 is 0. The van der Waals surface area contributed by atoms with E-state index in [1.54, 1.807) is 0 Å². The summed E-state index contributed by atoms with van der Waals surface area (Å²) in [5.41, 5.74) is -0.414. The Kier molecular flexibility index (Phi) is 2.38. The van der Waals surface area contributed by atoms with Gasteiger partial charge in [-0.25, -0.2) is 0 Å². The predicted molar refractivity (Wildman–Crippen MR) is 56.3 cm³/mol. The van der Waals surface area contributed by atoms with Crippen molar-refractivity contribution in [3.8, 4) is 0 Å². The number of hydrogen-bond donors (Lipinski definition) is 0. The van der Waals surface area contributed by atoms with Crippen LogP contribution < -0.4 is 0 Å². The van der Waals surface area contributed by atoms with Gasteiger partial charge in [0.05, 0.1) is 18.1 Å². The molecule has 0 radical (unpaired) electrons. The molecule has 0 spiro atoms. The molecule has 1 saturated heterocycles. The summed E-state index contributed by atoms with van der Waals surface area (Å²) in [5.74, 6) is -0.0269. The van der Waals surface area contributed by atoms with E-state index in [1.807, 2.05) is 39.8 Å². The van der Waals surface area contributed by atoms with Crippen molar-refractivity contribution < 1.29 is 14.3 Å². The van der Waals surface area contributed by atoms with Crippen LogP contribution in [-0.2, 0) is 14.3 Å². The molecular weight excluding hydrogens is 192 g/mol. The molecule has 0 saturated carbocycles. The Morgan fingerprint density at radius 3 is 2.33 bits per heavy atom. The van der Waals surface area contributed by atoms with Crippen molar-refractivity contribution in [1.82, 2.24) is 0 Å². The van der Waals surface area contributed by atoms with E-state index in [9.17, 15) is 4.79 Å². The Morgan fingerprint density at radius 1 is 1.27 bits per heavy atom. The molecule has 2 bridgehead atoms. The molecule has 2 aliphatic heterocycles. The van der Waals surface area contributed by atoms with Crippen LogP contribution in [0.4, 0.5) is 0 Å². The molecule has 4 atom stereocenters. The highest BCUT2D eigenvalue weighted by Crippen LogP contribution is 2.39. The third kappa shape index (κ3) is 1.93. The minimum absolute atomic E-state index is 0.0696. The number of carbonyl (C=O) groups is 1. The van der Waals surface area contributed by atoms with Gasteiger partial charge in [-0.05, 0) is 20.8 Å². The quantitative estimate of drug-likeness (QED) is 0.490. The van der Waals surface area contributed by atoms with Crippen molar-refractivity contribution in [2.75, 3.05) is 0 Å². The van der Waals surface area contributed by atoms with Gasteiger partial charge in [-0.15, -0.1) is 0 Å². The van der Waals surface area contributed by atoms with Gasteiger partial charge in [-0.3, -0.25) is 4.79 Å². The third-order valence-electron chi connectivity index (χ3n) is 2.92. The van der Waals surface area contributed by atoms with E-state index in [1.165, 1.54) is 0 Å². The fourth-order valence-electron chi connectivity index (χ4n) is 2.22. The second kappa shape index (κ2) is 3.34. The van der Waals surface area contributed by atoms with Crippen LogP contribution >= 0.6 is 0 Å². The van der Waals surface area contributed by atoms with Crippen LogP contribution in [0.1, 0.15) is 27.7 Å². The van der Waals surface area contributed by atoms with Gasteiger partial charge >= 0.3 is 5.97 Å². The normalized spacial score (nSPS) is 38.4. The Bertz CT molecular complexity index is 300. The van der Waals surface area contributed by atoms with Gasteiger partial charge in [0.15, 0.2) is 0 Å². The maximum atomic E-state index is 11.9. The number of ether oxygens (including phenoxy) is 2. The fraction of sp³-hybridized carbons (Fsp3) is 0.750. The monoisotopic (exact) mass is 210 g/mol. The predicted octanol–water partition coefficient (Wildman–Crippen LogP) is 1.92. The molecule has 0 aromatic carbocycles. The number of hydrogen-bond acceptors (Lipinski definition) is 3. The van der Waals surface area contributed by atoms with Gasteiger partial charge in [0.1, 0.15) is 5.60 Å². The topological polar surface area (TPSA) is 35.5 Å². The number of esters is 1. The Balaban J connectivity index is 2.06. The van der Waals surface area contributed by atoms with E-state index in [2.05, 4.69) is 0 Å². The van der Waals surface area contributed by atoms with Crippen LogP contribution in [0.25, 0.3) is 0 Å². The first-order chi connectivity index (χ1) is 6.88. The number of rotatable bonds is 1. The SMILES string of the molecule is CC1C2C=CC(O2)C1C(=O)OC(C)(C)C. The second-order valence-corrected chi connectivity index (χ2v) is 5.37. The molecule has 84 valence electrons. The van der Waals surface area contributed by atoms with E-state index in [0.717, 1.165) is 0 Å². The Hall–Kier alpha value is -0.830. The van der Waals surface area contributed by atoms with Crippen molar-refractivity contribution in [3.63, 3.8) is 0 Å². The Morgan fingerprint density at radius 2 is 1.87 bits per heavy atom. The lowest BCUT2D eigenvalue weighted by atomic mass is 9.84. The molecule has 2 aliphatic rings. The van der Waals surface area contributed by atoms with Crippen molar-refractivity contribution in [3.05, 3.63) is 12.2 Å². The molecule has 1 fully saturated rings. The van der Waals surface area contributed by atoms with Crippen LogP contribution in [0.2, 0.25) is 0 Å². The second-order valence-electron chi connectivity index (χ2n) is 5.37. The van der Waals surface area contributed by atoms with Crippen molar-refractivity contribution in [1.29, 1.82) is 0 Å². The van der Waals surface area contributed by atoms with Crippen LogP contribution in [0.15, 0.2) is 12.2 Å². The molecule has 0 aromatic rings. The molecule has 15 heavy (non-hydrogen) atoms. The van der Waals surface area contributed by atoms with E-state index in [-0.39, 0.29) is 30.0 Å². The summed E-state index contributed by atoms with van der Waals surface area (Å²) in [5, 5.41) is 0. The van der Waals surface area contributed by atoms with Crippen molar-refractivity contribution in [2.24, 2.45) is 11.8 Å². The van der Waals surface area contributed by atoms with E-state index in [0.29, 0.717) is 0 Å². The van der Waals surface area contributed by atoms with Crippen molar-refractivity contribution in [2.45, 2.75) is 45.5 Å². The molecule has 2 rings (SSSR count). The zero-order valence-corrected chi connectivity index (χ0v) is 9.69. The lowest BCUT2D eigenvalue weighted by molar-refractivity contribution is -0.162. The van der Waals surface area contributed by atoms with Gasteiger partial charge in [0.25, 0.3) is 0 Å². The van der Waals surface area contributed by atoms with Crippen LogP contribution in [0, 0.1) is 11.8 Å². The average Bonchev–Trinajstić information content (AvgIpc) is 2.59. The molecule has 0 N–H and O–H groups in total. The molecule has 0 aromatic heterocycles. The molecule has 4 unspecified atom stereocenters. The first kappa shape index (κ1) is 10.7. The van der Waals surface area contributed by atoms with Gasteiger partial charge in [0.2, 0.25) is 0 Å². The van der Waals surface area contributed by atoms with E-state index < -0.39 is 5.60 Å². The standard InChI is InChI=1S/C12H18O3/c1-7-8-5-6-9(14-8)10(7)11(13)15-12(2,3)4/h5-10H,1-4H3. The number of fused-ring (bicyclic) bond motifs is 2. The van der Waals surface area contributed by atoms with E-state index >= 15 is 0 Å². The zero-order chi connectivity index (χ0) is 11.2. The van der Waals surface area contributed by atoms with Gasteiger partial charge < -0.3 is 9.47 Å². The maximum Gasteiger partial charge on any atom is 0.312 e. The molecular formula is C12H18O3. The first-order valence-electron chi connectivity index (χ1n) is 5.45. The molecule has 3 heteroatoms. The van der Waals surface area contributed by atoms with Crippen LogP contribution in [-0.4, -0.2) is 23.8 Å². The van der Waals surface area contributed by atoms with Gasteiger partial charge in [0, 0.05) is 5.92 Å².